The Kier molecular flexibility index (Phi) is 3.28. The Balaban J connectivity index is 3.11. The molecule has 0 aliphatic carbocycles. The predicted octanol–water partition coefficient (Wildman–Crippen LogP) is 1.71. The third kappa shape index (κ3) is 2.44. The van der Waals surface area contributed by atoms with Crippen molar-refractivity contribution in [1.82, 2.24) is 4.98 Å². The highest BCUT2D eigenvalue weighted by molar-refractivity contribution is 6.59. The van der Waals surface area contributed by atoms with E-state index >= 15 is 0 Å². The molecule has 1 heterocycles. The first-order valence-corrected chi connectivity index (χ1v) is 4.14. The van der Waals surface area contributed by atoms with E-state index in [0.29, 0.717) is 5.56 Å². The van der Waals surface area contributed by atoms with E-state index in [1.54, 1.807) is 18.3 Å². The minimum Gasteiger partial charge on any atom is -0.365 e. The molecular formula is C8H6Cl2N2O. The maximum atomic E-state index is 10.6. The summed E-state index contributed by atoms with van der Waals surface area (Å²) in [5.74, 6) is -0.754. The van der Waals surface area contributed by atoms with E-state index in [-0.39, 0.29) is 10.1 Å². The molecule has 1 aromatic heterocycles. The van der Waals surface area contributed by atoms with E-state index in [1.807, 2.05) is 0 Å². The number of carbonyl (C=O) groups excluding carboxylic acids is 1. The molecule has 1 aromatic rings. The predicted molar refractivity (Wildman–Crippen MR) is 52.1 cm³/mol. The van der Waals surface area contributed by atoms with Crippen LogP contribution in [-0.2, 0) is 4.79 Å². The first kappa shape index (κ1) is 10.0. The molecule has 0 aromatic carbocycles. The summed E-state index contributed by atoms with van der Waals surface area (Å²) in [5, 5.41) is -0.0723. The Morgan fingerprint density at radius 2 is 2.15 bits per heavy atom. The second-order valence-electron chi connectivity index (χ2n) is 2.23. The van der Waals surface area contributed by atoms with Crippen LogP contribution in [0.3, 0.4) is 0 Å². The van der Waals surface area contributed by atoms with Gasteiger partial charge in [0.1, 0.15) is 5.03 Å². The van der Waals surface area contributed by atoms with Crippen molar-refractivity contribution in [3.8, 4) is 0 Å². The Morgan fingerprint density at radius 3 is 2.62 bits per heavy atom. The molecule has 0 aliphatic rings. The quantitative estimate of drug-likeness (QED) is 0.766. The SMILES string of the molecule is NC(=O)C(Cl)=C(Cl)c1cccnc1. The minimum atomic E-state index is -0.754. The third-order valence-electron chi connectivity index (χ3n) is 1.32. The van der Waals surface area contributed by atoms with Crippen molar-refractivity contribution in [2.75, 3.05) is 0 Å². The van der Waals surface area contributed by atoms with Crippen molar-refractivity contribution in [3.05, 3.63) is 35.1 Å². The molecule has 0 radical (unpaired) electrons. The minimum absolute atomic E-state index is 0.113. The summed E-state index contributed by atoms with van der Waals surface area (Å²) in [4.78, 5) is 14.5. The molecule has 0 spiro atoms. The van der Waals surface area contributed by atoms with Crippen LogP contribution in [0.5, 0.6) is 0 Å². The fourth-order valence-corrected chi connectivity index (χ4v) is 1.04. The largest absolute Gasteiger partial charge is 0.365 e. The van der Waals surface area contributed by atoms with Crippen LogP contribution in [0.4, 0.5) is 0 Å². The standard InChI is InChI=1S/C8H6Cl2N2O/c9-6(7(10)8(11)13)5-2-1-3-12-4-5/h1-4H,(H2,11,13). The highest BCUT2D eigenvalue weighted by Crippen LogP contribution is 2.24. The van der Waals surface area contributed by atoms with Gasteiger partial charge in [-0.05, 0) is 6.07 Å². The topological polar surface area (TPSA) is 56.0 Å². The van der Waals surface area contributed by atoms with Crippen LogP contribution in [0.1, 0.15) is 5.56 Å². The average Bonchev–Trinajstić information content (AvgIpc) is 2.17. The molecular weight excluding hydrogens is 211 g/mol. The molecule has 13 heavy (non-hydrogen) atoms. The van der Waals surface area contributed by atoms with Crippen molar-refractivity contribution < 1.29 is 4.79 Å². The highest BCUT2D eigenvalue weighted by atomic mass is 35.5. The number of aromatic nitrogens is 1. The zero-order valence-corrected chi connectivity index (χ0v) is 8.01. The zero-order valence-electron chi connectivity index (χ0n) is 6.50. The number of nitrogens with zero attached hydrogens (tertiary/aromatic N) is 1. The summed E-state index contributed by atoms with van der Waals surface area (Å²) in [5.41, 5.74) is 5.50. The van der Waals surface area contributed by atoms with Gasteiger partial charge in [-0.2, -0.15) is 0 Å². The second-order valence-corrected chi connectivity index (χ2v) is 2.99. The summed E-state index contributed by atoms with van der Waals surface area (Å²) >= 11 is 11.3. The first-order chi connectivity index (χ1) is 6.13. The second kappa shape index (κ2) is 4.25. The van der Waals surface area contributed by atoms with Crippen molar-refractivity contribution in [2.45, 2.75) is 0 Å². The number of nitrogens with two attached hydrogens (primary N) is 1. The monoisotopic (exact) mass is 216 g/mol. The number of pyridine rings is 1. The van der Waals surface area contributed by atoms with Gasteiger partial charge in [-0.15, -0.1) is 0 Å². The van der Waals surface area contributed by atoms with Gasteiger partial charge in [0.25, 0.3) is 5.91 Å². The molecule has 0 atom stereocenters. The molecule has 68 valence electrons. The van der Waals surface area contributed by atoms with Crippen LogP contribution in [0.2, 0.25) is 0 Å². The van der Waals surface area contributed by atoms with Crippen LogP contribution in [0.25, 0.3) is 5.03 Å². The van der Waals surface area contributed by atoms with Gasteiger partial charge in [-0.25, -0.2) is 0 Å². The van der Waals surface area contributed by atoms with E-state index in [1.165, 1.54) is 6.20 Å². The fraction of sp³-hybridized carbons (Fsp3) is 0. The number of amides is 1. The molecule has 0 saturated carbocycles. The lowest BCUT2D eigenvalue weighted by Gasteiger charge is -1.99. The number of carbonyl (C=O) groups is 1. The number of primary amides is 1. The van der Waals surface area contributed by atoms with Crippen molar-refractivity contribution in [2.24, 2.45) is 5.73 Å². The maximum absolute atomic E-state index is 10.6. The van der Waals surface area contributed by atoms with E-state index < -0.39 is 5.91 Å². The van der Waals surface area contributed by atoms with Gasteiger partial charge in [0.15, 0.2) is 0 Å². The molecule has 3 nitrogen and oxygen atoms in total. The molecule has 5 heteroatoms. The van der Waals surface area contributed by atoms with E-state index in [9.17, 15) is 4.79 Å². The summed E-state index contributed by atoms with van der Waals surface area (Å²) in [7, 11) is 0. The molecule has 1 amide bonds. The Bertz CT molecular complexity index is 348. The number of rotatable bonds is 2. The van der Waals surface area contributed by atoms with Gasteiger partial charge in [-0.3, -0.25) is 9.78 Å². The van der Waals surface area contributed by atoms with Crippen LogP contribution in [-0.4, -0.2) is 10.9 Å². The molecule has 0 saturated heterocycles. The summed E-state index contributed by atoms with van der Waals surface area (Å²) < 4.78 is 0. The molecule has 0 fully saturated rings. The Hall–Kier alpha value is -1.06. The normalized spacial score (nSPS) is 12.2. The molecule has 0 unspecified atom stereocenters. The van der Waals surface area contributed by atoms with Crippen LogP contribution in [0, 0.1) is 0 Å². The number of halogens is 2. The van der Waals surface area contributed by atoms with Gasteiger partial charge in [-0.1, -0.05) is 29.3 Å². The van der Waals surface area contributed by atoms with Gasteiger partial charge < -0.3 is 5.73 Å². The zero-order chi connectivity index (χ0) is 9.84. The molecule has 2 N–H and O–H groups in total. The van der Waals surface area contributed by atoms with Gasteiger partial charge >= 0.3 is 0 Å². The van der Waals surface area contributed by atoms with Gasteiger partial charge in [0.2, 0.25) is 0 Å². The molecule has 0 bridgehead atoms. The van der Waals surface area contributed by atoms with E-state index in [4.69, 9.17) is 28.9 Å². The van der Waals surface area contributed by atoms with Crippen molar-refractivity contribution >= 4 is 34.1 Å². The van der Waals surface area contributed by atoms with Crippen LogP contribution < -0.4 is 5.73 Å². The Labute approximate surface area is 85.2 Å². The molecule has 1 rings (SSSR count). The molecule has 0 aliphatic heterocycles. The fourth-order valence-electron chi connectivity index (χ4n) is 0.727. The van der Waals surface area contributed by atoms with Crippen molar-refractivity contribution in [1.29, 1.82) is 0 Å². The number of hydrogen-bond donors (Lipinski definition) is 1. The van der Waals surface area contributed by atoms with E-state index in [0.717, 1.165) is 0 Å². The lowest BCUT2D eigenvalue weighted by atomic mass is 10.2. The first-order valence-electron chi connectivity index (χ1n) is 3.38. The van der Waals surface area contributed by atoms with E-state index in [2.05, 4.69) is 4.98 Å². The smallest absolute Gasteiger partial charge is 0.261 e. The van der Waals surface area contributed by atoms with Gasteiger partial charge in [0, 0.05) is 18.0 Å². The average molecular weight is 217 g/mol. The summed E-state index contributed by atoms with van der Waals surface area (Å²) in [6.45, 7) is 0. The third-order valence-corrected chi connectivity index (χ3v) is 2.20. The maximum Gasteiger partial charge on any atom is 0.261 e. The van der Waals surface area contributed by atoms with Gasteiger partial charge in [0.05, 0.1) is 5.03 Å². The lowest BCUT2D eigenvalue weighted by molar-refractivity contribution is -0.113. The summed E-state index contributed by atoms with van der Waals surface area (Å²) in [6, 6.07) is 3.36. The highest BCUT2D eigenvalue weighted by Gasteiger charge is 2.09. The van der Waals surface area contributed by atoms with Crippen LogP contribution in [0.15, 0.2) is 29.6 Å². The number of hydrogen-bond acceptors (Lipinski definition) is 2. The lowest BCUT2D eigenvalue weighted by Crippen LogP contribution is -2.11. The van der Waals surface area contributed by atoms with Crippen LogP contribution >= 0.6 is 23.2 Å². The summed E-state index contributed by atoms with van der Waals surface area (Å²) in [6.07, 6.45) is 3.08. The Morgan fingerprint density at radius 1 is 1.46 bits per heavy atom. The van der Waals surface area contributed by atoms with Crippen molar-refractivity contribution in [3.63, 3.8) is 0 Å².